The van der Waals surface area contributed by atoms with Crippen LogP contribution < -0.4 is 15.8 Å². The van der Waals surface area contributed by atoms with E-state index in [1.807, 2.05) is 0 Å². The van der Waals surface area contributed by atoms with E-state index in [4.69, 9.17) is 5.14 Å². The molecule has 0 bridgehead atoms. The average molecular weight is 268 g/mol. The standard InChI is InChI=1S/C11H16N4O2S/c12-18(16,17)10-3-1-9(2-4-10)5-6-13-11-14-7-8-15-11/h1-4H,5-8H2,(H2,12,16,17)(H2,13,14,15). The second-order valence-corrected chi connectivity index (χ2v) is 5.58. The third-order valence-corrected chi connectivity index (χ3v) is 3.56. The first-order valence-electron chi connectivity index (χ1n) is 5.70. The molecule has 18 heavy (non-hydrogen) atoms. The highest BCUT2D eigenvalue weighted by Crippen LogP contribution is 2.08. The third kappa shape index (κ3) is 3.44. The SMILES string of the molecule is NS(=O)(=O)c1ccc(CCNC2=NCCN2)cc1. The Kier molecular flexibility index (Phi) is 3.83. The summed E-state index contributed by atoms with van der Waals surface area (Å²) in [5.74, 6) is 0.830. The molecule has 0 saturated heterocycles. The minimum Gasteiger partial charge on any atom is -0.356 e. The normalized spacial score (nSPS) is 15.1. The van der Waals surface area contributed by atoms with Crippen molar-refractivity contribution in [2.45, 2.75) is 11.3 Å². The smallest absolute Gasteiger partial charge is 0.238 e. The number of hydrogen-bond donors (Lipinski definition) is 3. The molecular formula is C11H16N4O2S. The molecule has 6 nitrogen and oxygen atoms in total. The van der Waals surface area contributed by atoms with Gasteiger partial charge in [0, 0.05) is 13.1 Å². The Hall–Kier alpha value is -1.60. The van der Waals surface area contributed by atoms with E-state index in [0.717, 1.165) is 37.6 Å². The highest BCUT2D eigenvalue weighted by Gasteiger charge is 2.07. The summed E-state index contributed by atoms with van der Waals surface area (Å²) < 4.78 is 22.1. The topological polar surface area (TPSA) is 96.6 Å². The van der Waals surface area contributed by atoms with Crippen LogP contribution in [0.4, 0.5) is 0 Å². The van der Waals surface area contributed by atoms with Gasteiger partial charge in [0.15, 0.2) is 5.96 Å². The average Bonchev–Trinajstić information content (AvgIpc) is 2.82. The van der Waals surface area contributed by atoms with E-state index in [2.05, 4.69) is 15.6 Å². The Bertz CT molecular complexity index is 537. The fraction of sp³-hybridized carbons (Fsp3) is 0.364. The number of aliphatic imine (C=N–C) groups is 1. The summed E-state index contributed by atoms with van der Waals surface area (Å²) in [7, 11) is -3.60. The van der Waals surface area contributed by atoms with Crippen LogP contribution in [0.5, 0.6) is 0 Å². The van der Waals surface area contributed by atoms with Gasteiger partial charge < -0.3 is 10.6 Å². The second-order valence-electron chi connectivity index (χ2n) is 4.02. The number of benzene rings is 1. The molecule has 0 spiro atoms. The van der Waals surface area contributed by atoms with E-state index < -0.39 is 10.0 Å². The van der Waals surface area contributed by atoms with Gasteiger partial charge in [-0.1, -0.05) is 12.1 Å². The molecule has 0 aromatic heterocycles. The monoisotopic (exact) mass is 268 g/mol. The predicted molar refractivity (Wildman–Crippen MR) is 69.8 cm³/mol. The van der Waals surface area contributed by atoms with Gasteiger partial charge in [-0.2, -0.15) is 0 Å². The lowest BCUT2D eigenvalue weighted by Crippen LogP contribution is -2.34. The van der Waals surface area contributed by atoms with Crippen LogP contribution in [0.15, 0.2) is 34.2 Å². The summed E-state index contributed by atoms with van der Waals surface area (Å²) in [6.45, 7) is 2.44. The molecule has 1 aromatic carbocycles. The summed E-state index contributed by atoms with van der Waals surface area (Å²) in [5.41, 5.74) is 1.05. The highest BCUT2D eigenvalue weighted by atomic mass is 32.2. The van der Waals surface area contributed by atoms with Crippen LogP contribution in [0.2, 0.25) is 0 Å². The van der Waals surface area contributed by atoms with Crippen molar-refractivity contribution in [3.8, 4) is 0 Å². The zero-order chi connectivity index (χ0) is 13.0. The van der Waals surface area contributed by atoms with Crippen molar-refractivity contribution in [3.05, 3.63) is 29.8 Å². The van der Waals surface area contributed by atoms with Crippen LogP contribution in [0.25, 0.3) is 0 Å². The first-order chi connectivity index (χ1) is 8.55. The van der Waals surface area contributed by atoms with E-state index in [0.29, 0.717) is 0 Å². The molecule has 0 radical (unpaired) electrons. The third-order valence-electron chi connectivity index (χ3n) is 2.63. The molecule has 4 N–H and O–H groups in total. The molecule has 0 aliphatic carbocycles. The van der Waals surface area contributed by atoms with Crippen molar-refractivity contribution >= 4 is 16.0 Å². The van der Waals surface area contributed by atoms with Gasteiger partial charge in [-0.25, -0.2) is 13.6 Å². The van der Waals surface area contributed by atoms with Crippen molar-refractivity contribution in [1.82, 2.24) is 10.6 Å². The molecule has 1 aliphatic heterocycles. The van der Waals surface area contributed by atoms with Crippen LogP contribution in [-0.4, -0.2) is 34.0 Å². The molecule has 0 atom stereocenters. The Balaban J connectivity index is 1.86. The lowest BCUT2D eigenvalue weighted by molar-refractivity contribution is 0.598. The fourth-order valence-corrected chi connectivity index (χ4v) is 2.20. The first-order valence-corrected chi connectivity index (χ1v) is 7.24. The molecule has 1 aromatic rings. The first kappa shape index (κ1) is 12.8. The minimum absolute atomic E-state index is 0.140. The Morgan fingerprint density at radius 3 is 2.61 bits per heavy atom. The van der Waals surface area contributed by atoms with Crippen LogP contribution in [-0.2, 0) is 16.4 Å². The van der Waals surface area contributed by atoms with Gasteiger partial charge in [-0.05, 0) is 24.1 Å². The summed E-state index contributed by atoms with van der Waals surface area (Å²) in [6, 6.07) is 6.59. The van der Waals surface area contributed by atoms with Gasteiger partial charge in [0.2, 0.25) is 10.0 Å². The summed E-state index contributed by atoms with van der Waals surface area (Å²) in [6.07, 6.45) is 0.797. The predicted octanol–water partition coefficient (Wildman–Crippen LogP) is -0.575. The number of sulfonamides is 1. The van der Waals surface area contributed by atoms with Gasteiger partial charge in [0.1, 0.15) is 0 Å². The number of rotatable bonds is 4. The maximum Gasteiger partial charge on any atom is 0.238 e. The van der Waals surface area contributed by atoms with Gasteiger partial charge in [-0.15, -0.1) is 0 Å². The van der Waals surface area contributed by atoms with Crippen molar-refractivity contribution < 1.29 is 8.42 Å². The maximum absolute atomic E-state index is 11.1. The summed E-state index contributed by atoms with van der Waals surface area (Å²) in [4.78, 5) is 4.35. The molecule has 7 heteroatoms. The van der Waals surface area contributed by atoms with Gasteiger partial charge in [-0.3, -0.25) is 4.99 Å². The van der Waals surface area contributed by atoms with Gasteiger partial charge >= 0.3 is 0 Å². The van der Waals surface area contributed by atoms with Crippen LogP contribution in [0, 0.1) is 0 Å². The molecular weight excluding hydrogens is 252 g/mol. The van der Waals surface area contributed by atoms with Crippen molar-refractivity contribution in [2.75, 3.05) is 19.6 Å². The zero-order valence-corrected chi connectivity index (χ0v) is 10.7. The molecule has 0 unspecified atom stereocenters. The van der Waals surface area contributed by atoms with Crippen molar-refractivity contribution in [1.29, 1.82) is 0 Å². The Morgan fingerprint density at radius 1 is 1.33 bits per heavy atom. The Morgan fingerprint density at radius 2 is 2.06 bits per heavy atom. The lowest BCUT2D eigenvalue weighted by atomic mass is 10.1. The molecule has 0 saturated carbocycles. The molecule has 0 fully saturated rings. The quantitative estimate of drug-likeness (QED) is 0.681. The zero-order valence-electron chi connectivity index (χ0n) is 9.89. The van der Waals surface area contributed by atoms with Crippen molar-refractivity contribution in [3.63, 3.8) is 0 Å². The number of nitrogens with two attached hydrogens (primary N) is 1. The lowest BCUT2D eigenvalue weighted by Gasteiger charge is -2.06. The highest BCUT2D eigenvalue weighted by molar-refractivity contribution is 7.89. The van der Waals surface area contributed by atoms with E-state index in [1.165, 1.54) is 12.1 Å². The second kappa shape index (κ2) is 5.36. The maximum atomic E-state index is 11.1. The Labute approximate surface area is 106 Å². The van der Waals surface area contributed by atoms with E-state index in [-0.39, 0.29) is 4.90 Å². The molecule has 2 rings (SSSR count). The molecule has 98 valence electrons. The van der Waals surface area contributed by atoms with Gasteiger partial charge in [0.25, 0.3) is 0 Å². The van der Waals surface area contributed by atoms with E-state index >= 15 is 0 Å². The molecule has 1 aliphatic rings. The largest absolute Gasteiger partial charge is 0.356 e. The number of hydrogen-bond acceptors (Lipinski definition) is 5. The molecule has 1 heterocycles. The minimum atomic E-state index is -3.60. The van der Waals surface area contributed by atoms with Crippen molar-refractivity contribution in [2.24, 2.45) is 10.1 Å². The van der Waals surface area contributed by atoms with Gasteiger partial charge in [0.05, 0.1) is 11.4 Å². The summed E-state index contributed by atoms with van der Waals surface area (Å²) in [5, 5.41) is 11.3. The fourth-order valence-electron chi connectivity index (χ4n) is 1.69. The number of primary sulfonamides is 1. The van der Waals surface area contributed by atoms with Crippen LogP contribution in [0.3, 0.4) is 0 Å². The van der Waals surface area contributed by atoms with Crippen LogP contribution in [0.1, 0.15) is 5.56 Å². The summed E-state index contributed by atoms with van der Waals surface area (Å²) >= 11 is 0. The van der Waals surface area contributed by atoms with E-state index in [9.17, 15) is 8.42 Å². The number of guanidine groups is 1. The number of nitrogens with one attached hydrogen (secondary N) is 2. The number of nitrogens with zero attached hydrogens (tertiary/aromatic N) is 1. The van der Waals surface area contributed by atoms with E-state index in [1.54, 1.807) is 12.1 Å². The molecule has 0 amide bonds. The van der Waals surface area contributed by atoms with Crippen LogP contribution >= 0.6 is 0 Å².